The van der Waals surface area contributed by atoms with E-state index in [1.807, 2.05) is 0 Å². The van der Waals surface area contributed by atoms with Gasteiger partial charge >= 0.3 is 5.97 Å². The molecule has 0 aliphatic rings. The Kier molecular flexibility index (Phi) is 8.60. The molecule has 0 aromatic rings. The first-order chi connectivity index (χ1) is 6.31. The Bertz CT molecular complexity index is 145. The summed E-state index contributed by atoms with van der Waals surface area (Å²) >= 11 is 0. The molecule has 0 spiro atoms. The summed E-state index contributed by atoms with van der Waals surface area (Å²) < 4.78 is 14.6. The number of esters is 1. The van der Waals surface area contributed by atoms with Crippen LogP contribution in [0.25, 0.3) is 0 Å². The summed E-state index contributed by atoms with van der Waals surface area (Å²) in [6, 6.07) is 0. The van der Waals surface area contributed by atoms with Gasteiger partial charge in [0.2, 0.25) is 0 Å². The minimum Gasteiger partial charge on any atom is -0.469 e. The number of ether oxygens (including phenoxy) is 3. The summed E-state index contributed by atoms with van der Waals surface area (Å²) in [5.41, 5.74) is 0. The Balaban J connectivity index is 2.99. The van der Waals surface area contributed by atoms with Gasteiger partial charge in [0, 0.05) is 0 Å². The third kappa shape index (κ3) is 9.04. The molecule has 0 atom stereocenters. The van der Waals surface area contributed by atoms with Gasteiger partial charge in [-0.1, -0.05) is 6.08 Å². The first-order valence-electron chi connectivity index (χ1n) is 4.14. The summed E-state index contributed by atoms with van der Waals surface area (Å²) in [4.78, 5) is 10.6. The predicted octanol–water partition coefficient (Wildman–Crippen LogP) is 0.769. The molecule has 0 N–H and O–H groups in total. The van der Waals surface area contributed by atoms with E-state index in [1.54, 1.807) is 6.08 Å². The SMILES string of the molecule is C=CCOCCOCCC(=O)OC. The minimum absolute atomic E-state index is 0.257. The predicted molar refractivity (Wildman–Crippen MR) is 48.5 cm³/mol. The topological polar surface area (TPSA) is 44.8 Å². The number of carbonyl (C=O) groups is 1. The summed E-state index contributed by atoms with van der Waals surface area (Å²) in [6.45, 7) is 5.42. The average Bonchev–Trinajstić information content (AvgIpc) is 2.16. The Morgan fingerprint density at radius 3 is 2.62 bits per heavy atom. The van der Waals surface area contributed by atoms with Crippen molar-refractivity contribution in [3.8, 4) is 0 Å². The highest BCUT2D eigenvalue weighted by molar-refractivity contribution is 5.69. The van der Waals surface area contributed by atoms with Gasteiger partial charge in [0.15, 0.2) is 0 Å². The molecular formula is C9H16O4. The fourth-order valence-electron chi connectivity index (χ4n) is 0.644. The first-order valence-corrected chi connectivity index (χ1v) is 4.14. The number of rotatable bonds is 8. The zero-order valence-corrected chi connectivity index (χ0v) is 7.95. The van der Waals surface area contributed by atoms with Gasteiger partial charge in [-0.3, -0.25) is 4.79 Å². The lowest BCUT2D eigenvalue weighted by molar-refractivity contribution is -0.141. The third-order valence-electron chi connectivity index (χ3n) is 1.29. The molecule has 0 aliphatic carbocycles. The van der Waals surface area contributed by atoms with E-state index >= 15 is 0 Å². The van der Waals surface area contributed by atoms with E-state index in [9.17, 15) is 4.79 Å². The fourth-order valence-corrected chi connectivity index (χ4v) is 0.644. The van der Waals surface area contributed by atoms with E-state index in [4.69, 9.17) is 9.47 Å². The summed E-state index contributed by atoms with van der Waals surface area (Å²) in [5, 5.41) is 0. The molecule has 0 aromatic heterocycles. The summed E-state index contributed by atoms with van der Waals surface area (Å²) in [6.07, 6.45) is 1.96. The maximum Gasteiger partial charge on any atom is 0.307 e. The highest BCUT2D eigenvalue weighted by Crippen LogP contribution is 1.86. The van der Waals surface area contributed by atoms with Gasteiger partial charge in [0.05, 0.1) is 40.0 Å². The van der Waals surface area contributed by atoms with Crippen LogP contribution in [-0.4, -0.2) is 39.5 Å². The Morgan fingerprint density at radius 2 is 2.00 bits per heavy atom. The second-order valence-corrected chi connectivity index (χ2v) is 2.30. The van der Waals surface area contributed by atoms with Crippen molar-refractivity contribution < 1.29 is 19.0 Å². The summed E-state index contributed by atoms with van der Waals surface area (Å²) in [5.74, 6) is -0.257. The van der Waals surface area contributed by atoms with E-state index in [1.165, 1.54) is 7.11 Å². The highest BCUT2D eigenvalue weighted by Gasteiger charge is 1.98. The van der Waals surface area contributed by atoms with Crippen LogP contribution in [0.3, 0.4) is 0 Å². The van der Waals surface area contributed by atoms with Crippen LogP contribution in [0.4, 0.5) is 0 Å². The normalized spacial score (nSPS) is 9.62. The molecule has 0 radical (unpaired) electrons. The summed E-state index contributed by atoms with van der Waals surface area (Å²) in [7, 11) is 1.36. The monoisotopic (exact) mass is 188 g/mol. The van der Waals surface area contributed by atoms with Crippen molar-refractivity contribution in [2.75, 3.05) is 33.5 Å². The quantitative estimate of drug-likeness (QED) is 0.320. The molecule has 0 unspecified atom stereocenters. The molecule has 0 heterocycles. The van der Waals surface area contributed by atoms with Crippen LogP contribution in [0.15, 0.2) is 12.7 Å². The molecular weight excluding hydrogens is 172 g/mol. The van der Waals surface area contributed by atoms with Crippen molar-refractivity contribution >= 4 is 5.97 Å². The number of hydrogen-bond acceptors (Lipinski definition) is 4. The largest absolute Gasteiger partial charge is 0.469 e. The van der Waals surface area contributed by atoms with Crippen LogP contribution < -0.4 is 0 Å². The molecule has 0 fully saturated rings. The molecule has 0 aromatic carbocycles. The average molecular weight is 188 g/mol. The molecule has 0 saturated carbocycles. The second-order valence-electron chi connectivity index (χ2n) is 2.30. The van der Waals surface area contributed by atoms with Crippen LogP contribution in [0.2, 0.25) is 0 Å². The lowest BCUT2D eigenvalue weighted by Crippen LogP contribution is -2.09. The van der Waals surface area contributed by atoms with Crippen LogP contribution in [0.1, 0.15) is 6.42 Å². The Hall–Kier alpha value is -0.870. The molecule has 13 heavy (non-hydrogen) atoms. The van der Waals surface area contributed by atoms with Crippen molar-refractivity contribution in [3.63, 3.8) is 0 Å². The molecule has 76 valence electrons. The number of hydrogen-bond donors (Lipinski definition) is 0. The van der Waals surface area contributed by atoms with Crippen LogP contribution in [-0.2, 0) is 19.0 Å². The van der Waals surface area contributed by atoms with E-state index < -0.39 is 0 Å². The molecule has 0 amide bonds. The first kappa shape index (κ1) is 12.1. The number of carbonyl (C=O) groups excluding carboxylic acids is 1. The van der Waals surface area contributed by atoms with Gasteiger partial charge in [-0.05, 0) is 0 Å². The van der Waals surface area contributed by atoms with Crippen molar-refractivity contribution in [2.24, 2.45) is 0 Å². The van der Waals surface area contributed by atoms with Crippen molar-refractivity contribution in [1.29, 1.82) is 0 Å². The smallest absolute Gasteiger partial charge is 0.307 e. The van der Waals surface area contributed by atoms with Crippen LogP contribution in [0, 0.1) is 0 Å². The van der Waals surface area contributed by atoms with E-state index in [0.717, 1.165) is 0 Å². The molecule has 4 nitrogen and oxygen atoms in total. The molecule has 0 aliphatic heterocycles. The number of methoxy groups -OCH3 is 1. The zero-order chi connectivity index (χ0) is 9.94. The second kappa shape index (κ2) is 9.22. The van der Waals surface area contributed by atoms with Gasteiger partial charge in [-0.25, -0.2) is 0 Å². The highest BCUT2D eigenvalue weighted by atomic mass is 16.5. The van der Waals surface area contributed by atoms with Gasteiger partial charge in [0.25, 0.3) is 0 Å². The van der Waals surface area contributed by atoms with Gasteiger partial charge in [-0.2, -0.15) is 0 Å². The van der Waals surface area contributed by atoms with E-state index in [2.05, 4.69) is 11.3 Å². The molecule has 0 rings (SSSR count). The van der Waals surface area contributed by atoms with Gasteiger partial charge in [-0.15, -0.1) is 6.58 Å². The standard InChI is InChI=1S/C9H16O4/c1-3-5-12-7-8-13-6-4-9(10)11-2/h3H,1,4-8H2,2H3. The van der Waals surface area contributed by atoms with Gasteiger partial charge in [0.1, 0.15) is 0 Å². The van der Waals surface area contributed by atoms with E-state index in [0.29, 0.717) is 26.4 Å². The lowest BCUT2D eigenvalue weighted by Gasteiger charge is -2.03. The van der Waals surface area contributed by atoms with Crippen molar-refractivity contribution in [2.45, 2.75) is 6.42 Å². The molecule has 0 bridgehead atoms. The molecule has 4 heteroatoms. The minimum atomic E-state index is -0.257. The molecule has 0 saturated heterocycles. The Morgan fingerprint density at radius 1 is 1.31 bits per heavy atom. The van der Waals surface area contributed by atoms with Crippen molar-refractivity contribution in [1.82, 2.24) is 0 Å². The third-order valence-corrected chi connectivity index (χ3v) is 1.29. The Labute approximate surface area is 78.5 Å². The zero-order valence-electron chi connectivity index (χ0n) is 7.95. The van der Waals surface area contributed by atoms with E-state index in [-0.39, 0.29) is 12.4 Å². The van der Waals surface area contributed by atoms with Crippen LogP contribution in [0.5, 0.6) is 0 Å². The maximum absolute atomic E-state index is 10.6. The lowest BCUT2D eigenvalue weighted by atomic mass is 10.5. The van der Waals surface area contributed by atoms with Crippen LogP contribution >= 0.6 is 0 Å². The van der Waals surface area contributed by atoms with Crippen molar-refractivity contribution in [3.05, 3.63) is 12.7 Å². The fraction of sp³-hybridized carbons (Fsp3) is 0.667. The van der Waals surface area contributed by atoms with Gasteiger partial charge < -0.3 is 14.2 Å². The maximum atomic E-state index is 10.6.